The number of ether oxygens (including phenoxy) is 2. The van der Waals surface area contributed by atoms with Gasteiger partial charge in [-0.05, 0) is 19.8 Å². The van der Waals surface area contributed by atoms with Crippen LogP contribution in [-0.2, 0) is 14.3 Å². The van der Waals surface area contributed by atoms with Crippen molar-refractivity contribution in [1.82, 2.24) is 20.3 Å². The molecule has 0 radical (unpaired) electrons. The summed E-state index contributed by atoms with van der Waals surface area (Å²) in [5.41, 5.74) is 0.267. The third-order valence-corrected chi connectivity index (χ3v) is 5.04. The monoisotopic (exact) mass is 394 g/mol. The summed E-state index contributed by atoms with van der Waals surface area (Å²) in [5.74, 6) is 0.296. The van der Waals surface area contributed by atoms with Crippen LogP contribution in [0.5, 0.6) is 0 Å². The predicted octanol–water partition coefficient (Wildman–Crippen LogP) is 0.443. The summed E-state index contributed by atoms with van der Waals surface area (Å²) < 4.78 is 16.0. The highest BCUT2D eigenvalue weighted by Crippen LogP contribution is 2.15. The van der Waals surface area contributed by atoms with Crippen LogP contribution in [0.15, 0.2) is 10.6 Å². The minimum absolute atomic E-state index is 0.0151. The molecule has 1 aromatic rings. The molecule has 2 aliphatic heterocycles. The normalized spacial score (nSPS) is 20.2. The van der Waals surface area contributed by atoms with Crippen LogP contribution in [0.2, 0.25) is 0 Å². The van der Waals surface area contributed by atoms with Crippen molar-refractivity contribution in [3.8, 4) is 0 Å². The SMILES string of the molecule is Cc1cc(C(=O)N(CCC(=O)NCCN2CCOCC2)C[C@H]2CCCO2)no1. The van der Waals surface area contributed by atoms with Gasteiger partial charge in [0, 0.05) is 58.4 Å². The molecular formula is C19H30N4O5. The molecule has 3 rings (SSSR count). The Labute approximate surface area is 165 Å². The second kappa shape index (κ2) is 10.5. The third kappa shape index (κ3) is 6.29. The zero-order valence-electron chi connectivity index (χ0n) is 16.5. The van der Waals surface area contributed by atoms with Crippen LogP contribution in [0, 0.1) is 6.92 Å². The summed E-state index contributed by atoms with van der Waals surface area (Å²) in [6.45, 7) is 7.96. The Morgan fingerprint density at radius 3 is 2.82 bits per heavy atom. The first-order chi connectivity index (χ1) is 13.6. The minimum Gasteiger partial charge on any atom is -0.379 e. The van der Waals surface area contributed by atoms with E-state index in [4.69, 9.17) is 14.0 Å². The number of aryl methyl sites for hydroxylation is 1. The van der Waals surface area contributed by atoms with E-state index in [0.717, 1.165) is 52.3 Å². The van der Waals surface area contributed by atoms with Gasteiger partial charge in [0.15, 0.2) is 5.69 Å². The van der Waals surface area contributed by atoms with E-state index in [1.165, 1.54) is 0 Å². The molecule has 0 spiro atoms. The van der Waals surface area contributed by atoms with Crippen molar-refractivity contribution in [3.05, 3.63) is 17.5 Å². The molecule has 0 bridgehead atoms. The topological polar surface area (TPSA) is 97.1 Å². The highest BCUT2D eigenvalue weighted by Gasteiger charge is 2.25. The lowest BCUT2D eigenvalue weighted by Crippen LogP contribution is -2.42. The second-order valence-electron chi connectivity index (χ2n) is 7.26. The molecule has 1 N–H and O–H groups in total. The van der Waals surface area contributed by atoms with Crippen molar-refractivity contribution in [2.45, 2.75) is 32.3 Å². The summed E-state index contributed by atoms with van der Waals surface area (Å²) in [5, 5.41) is 6.75. The van der Waals surface area contributed by atoms with Gasteiger partial charge in [0.1, 0.15) is 5.76 Å². The summed E-state index contributed by atoms with van der Waals surface area (Å²) in [6.07, 6.45) is 2.19. The number of hydrogen-bond acceptors (Lipinski definition) is 7. The lowest BCUT2D eigenvalue weighted by Gasteiger charge is -2.26. The van der Waals surface area contributed by atoms with Crippen LogP contribution in [-0.4, -0.2) is 92.0 Å². The highest BCUT2D eigenvalue weighted by atomic mass is 16.5. The zero-order valence-corrected chi connectivity index (χ0v) is 16.5. The van der Waals surface area contributed by atoms with E-state index in [9.17, 15) is 9.59 Å². The molecule has 2 amide bonds. The van der Waals surface area contributed by atoms with Gasteiger partial charge >= 0.3 is 0 Å². The van der Waals surface area contributed by atoms with Crippen LogP contribution >= 0.6 is 0 Å². The van der Waals surface area contributed by atoms with Gasteiger partial charge in [-0.2, -0.15) is 0 Å². The molecule has 3 heterocycles. The number of nitrogens with one attached hydrogen (secondary N) is 1. The maximum Gasteiger partial charge on any atom is 0.276 e. The molecule has 0 unspecified atom stereocenters. The van der Waals surface area contributed by atoms with Crippen molar-refractivity contribution < 1.29 is 23.6 Å². The molecule has 28 heavy (non-hydrogen) atoms. The van der Waals surface area contributed by atoms with Gasteiger partial charge in [0.2, 0.25) is 5.91 Å². The van der Waals surface area contributed by atoms with Gasteiger partial charge in [-0.25, -0.2) is 0 Å². The van der Waals surface area contributed by atoms with E-state index in [1.54, 1.807) is 17.9 Å². The van der Waals surface area contributed by atoms with Gasteiger partial charge in [-0.1, -0.05) is 5.16 Å². The van der Waals surface area contributed by atoms with Crippen LogP contribution < -0.4 is 5.32 Å². The Balaban J connectivity index is 1.45. The van der Waals surface area contributed by atoms with Gasteiger partial charge in [-0.3, -0.25) is 14.5 Å². The van der Waals surface area contributed by atoms with E-state index in [0.29, 0.717) is 25.4 Å². The molecular weight excluding hydrogens is 364 g/mol. The molecule has 2 saturated heterocycles. The van der Waals surface area contributed by atoms with E-state index < -0.39 is 0 Å². The Morgan fingerprint density at radius 2 is 2.14 bits per heavy atom. The van der Waals surface area contributed by atoms with Gasteiger partial charge in [-0.15, -0.1) is 0 Å². The fourth-order valence-electron chi connectivity index (χ4n) is 3.44. The minimum atomic E-state index is -0.228. The molecule has 156 valence electrons. The van der Waals surface area contributed by atoms with E-state index >= 15 is 0 Å². The Morgan fingerprint density at radius 1 is 1.32 bits per heavy atom. The molecule has 1 aromatic heterocycles. The first-order valence-electron chi connectivity index (χ1n) is 10.0. The van der Waals surface area contributed by atoms with Crippen LogP contribution in [0.1, 0.15) is 35.5 Å². The van der Waals surface area contributed by atoms with Crippen molar-refractivity contribution >= 4 is 11.8 Å². The number of morpholine rings is 1. The number of rotatable bonds is 9. The van der Waals surface area contributed by atoms with Gasteiger partial charge in [0.25, 0.3) is 5.91 Å². The number of nitrogens with zero attached hydrogens (tertiary/aromatic N) is 3. The standard InChI is InChI=1S/C19H30N4O5/c1-15-13-17(21-28-15)19(25)23(14-16-3-2-10-27-16)6-4-18(24)20-5-7-22-8-11-26-12-9-22/h13,16H,2-12,14H2,1H3,(H,20,24)/t16-/m1/s1. The second-order valence-corrected chi connectivity index (χ2v) is 7.26. The average Bonchev–Trinajstić information content (AvgIpc) is 3.37. The molecule has 9 nitrogen and oxygen atoms in total. The number of amides is 2. The number of aromatic nitrogens is 1. The van der Waals surface area contributed by atoms with Crippen LogP contribution in [0.4, 0.5) is 0 Å². The van der Waals surface area contributed by atoms with Gasteiger partial charge in [0.05, 0.1) is 19.3 Å². The molecule has 0 aromatic carbocycles. The largest absolute Gasteiger partial charge is 0.379 e. The zero-order chi connectivity index (χ0) is 19.8. The molecule has 0 saturated carbocycles. The quantitative estimate of drug-likeness (QED) is 0.649. The first kappa shape index (κ1) is 20.8. The molecule has 1 atom stereocenters. The van der Waals surface area contributed by atoms with Crippen molar-refractivity contribution in [1.29, 1.82) is 0 Å². The number of hydrogen-bond donors (Lipinski definition) is 1. The third-order valence-electron chi connectivity index (χ3n) is 5.04. The van der Waals surface area contributed by atoms with Crippen molar-refractivity contribution in [3.63, 3.8) is 0 Å². The first-order valence-corrected chi connectivity index (χ1v) is 10.0. The fraction of sp³-hybridized carbons (Fsp3) is 0.737. The van der Waals surface area contributed by atoms with E-state index in [1.807, 2.05) is 0 Å². The van der Waals surface area contributed by atoms with E-state index in [2.05, 4.69) is 15.4 Å². The van der Waals surface area contributed by atoms with Crippen molar-refractivity contribution in [2.24, 2.45) is 0 Å². The van der Waals surface area contributed by atoms with Crippen molar-refractivity contribution in [2.75, 3.05) is 59.1 Å². The summed E-state index contributed by atoms with van der Waals surface area (Å²) in [7, 11) is 0. The maximum absolute atomic E-state index is 12.8. The Hall–Kier alpha value is -1.97. The van der Waals surface area contributed by atoms with Gasteiger partial charge < -0.3 is 24.2 Å². The molecule has 0 aliphatic carbocycles. The Bertz CT molecular complexity index is 638. The Kier molecular flexibility index (Phi) is 7.81. The number of carbonyl (C=O) groups is 2. The average molecular weight is 394 g/mol. The van der Waals surface area contributed by atoms with Crippen LogP contribution in [0.3, 0.4) is 0 Å². The number of carbonyl (C=O) groups excluding carboxylic acids is 2. The molecule has 9 heteroatoms. The van der Waals surface area contributed by atoms with Crippen LogP contribution in [0.25, 0.3) is 0 Å². The summed E-state index contributed by atoms with van der Waals surface area (Å²) in [6, 6.07) is 1.62. The summed E-state index contributed by atoms with van der Waals surface area (Å²) in [4.78, 5) is 28.9. The molecule has 2 fully saturated rings. The maximum atomic E-state index is 12.8. The lowest BCUT2D eigenvalue weighted by atomic mass is 10.2. The summed E-state index contributed by atoms with van der Waals surface area (Å²) >= 11 is 0. The smallest absolute Gasteiger partial charge is 0.276 e. The fourth-order valence-corrected chi connectivity index (χ4v) is 3.44. The van der Waals surface area contributed by atoms with E-state index in [-0.39, 0.29) is 30.0 Å². The lowest BCUT2D eigenvalue weighted by molar-refractivity contribution is -0.121. The predicted molar refractivity (Wildman–Crippen MR) is 101 cm³/mol. The molecule has 2 aliphatic rings. The highest BCUT2D eigenvalue weighted by molar-refractivity contribution is 5.92.